The van der Waals surface area contributed by atoms with E-state index in [0.29, 0.717) is 24.5 Å². The fourth-order valence-electron chi connectivity index (χ4n) is 2.32. The lowest BCUT2D eigenvalue weighted by atomic mass is 10.0. The van der Waals surface area contributed by atoms with Crippen molar-refractivity contribution in [2.24, 2.45) is 0 Å². The van der Waals surface area contributed by atoms with Crippen LogP contribution in [0.15, 0.2) is 10.6 Å². The molecule has 2 rings (SSSR count). The zero-order chi connectivity index (χ0) is 13.7. The number of hydrogen-bond donors (Lipinski definition) is 1. The van der Waals surface area contributed by atoms with Crippen molar-refractivity contribution in [1.82, 2.24) is 10.1 Å². The number of hydrogen-bond acceptors (Lipinski definition) is 5. The van der Waals surface area contributed by atoms with Crippen LogP contribution in [0.2, 0.25) is 0 Å². The first-order chi connectivity index (χ1) is 9.19. The molecule has 1 amide bonds. The molecule has 0 aliphatic carbocycles. The Bertz CT molecular complexity index is 444. The van der Waals surface area contributed by atoms with Crippen LogP contribution in [0, 0.1) is 6.92 Å². The van der Waals surface area contributed by atoms with Gasteiger partial charge in [0.15, 0.2) is 5.82 Å². The molecule has 1 fully saturated rings. The number of aromatic nitrogens is 1. The summed E-state index contributed by atoms with van der Waals surface area (Å²) in [4.78, 5) is 24.8. The number of carbonyl (C=O) groups excluding carboxylic acids is 2. The summed E-state index contributed by atoms with van der Waals surface area (Å²) in [7, 11) is 0. The second-order valence-corrected chi connectivity index (χ2v) is 4.86. The molecule has 2 heterocycles. The molecule has 19 heavy (non-hydrogen) atoms. The predicted octanol–water partition coefficient (Wildman–Crippen LogP) is 1.37. The topological polar surface area (TPSA) is 75.4 Å². The maximum atomic E-state index is 11.8. The van der Waals surface area contributed by atoms with Gasteiger partial charge < -0.3 is 14.6 Å². The first-order valence-electron chi connectivity index (χ1n) is 6.61. The van der Waals surface area contributed by atoms with Crippen LogP contribution < -0.4 is 5.32 Å². The van der Waals surface area contributed by atoms with Gasteiger partial charge in [-0.25, -0.2) is 0 Å². The third-order valence-electron chi connectivity index (χ3n) is 3.34. The van der Waals surface area contributed by atoms with Crippen molar-refractivity contribution < 1.29 is 14.1 Å². The molecule has 1 aromatic heterocycles. The maximum absolute atomic E-state index is 11.8. The number of amides is 1. The monoisotopic (exact) mass is 265 g/mol. The van der Waals surface area contributed by atoms with Crippen LogP contribution in [0.4, 0.5) is 5.82 Å². The number of carbonyl (C=O) groups is 2. The van der Waals surface area contributed by atoms with E-state index >= 15 is 0 Å². The smallest absolute Gasteiger partial charge is 0.226 e. The van der Waals surface area contributed by atoms with Gasteiger partial charge in [0, 0.05) is 19.0 Å². The molecule has 1 atom stereocenters. The summed E-state index contributed by atoms with van der Waals surface area (Å²) in [5, 5.41) is 6.38. The van der Waals surface area contributed by atoms with Crippen LogP contribution in [-0.4, -0.2) is 41.4 Å². The van der Waals surface area contributed by atoms with E-state index < -0.39 is 0 Å². The molecule has 1 aliphatic rings. The van der Waals surface area contributed by atoms with Crippen molar-refractivity contribution in [1.29, 1.82) is 0 Å². The van der Waals surface area contributed by atoms with Gasteiger partial charge >= 0.3 is 0 Å². The van der Waals surface area contributed by atoms with Gasteiger partial charge in [-0.15, -0.1) is 0 Å². The molecule has 1 aliphatic heterocycles. The van der Waals surface area contributed by atoms with Gasteiger partial charge in [-0.2, -0.15) is 0 Å². The van der Waals surface area contributed by atoms with Crippen molar-refractivity contribution in [3.05, 3.63) is 11.8 Å². The van der Waals surface area contributed by atoms with Crippen molar-refractivity contribution in [2.75, 3.05) is 18.4 Å². The first-order valence-corrected chi connectivity index (χ1v) is 6.61. The molecule has 6 nitrogen and oxygen atoms in total. The highest BCUT2D eigenvalue weighted by Crippen LogP contribution is 2.15. The van der Waals surface area contributed by atoms with Crippen LogP contribution >= 0.6 is 0 Å². The second kappa shape index (κ2) is 6.47. The molecule has 6 heteroatoms. The lowest BCUT2D eigenvalue weighted by Gasteiger charge is -2.31. The normalized spacial score (nSPS) is 20.2. The highest BCUT2D eigenvalue weighted by molar-refractivity contribution is 5.89. The Labute approximate surface area is 112 Å². The summed E-state index contributed by atoms with van der Waals surface area (Å²) in [6.07, 6.45) is 4.42. The van der Waals surface area contributed by atoms with Crippen molar-refractivity contribution in [3.63, 3.8) is 0 Å². The van der Waals surface area contributed by atoms with Crippen molar-refractivity contribution in [2.45, 2.75) is 38.6 Å². The number of nitrogens with zero attached hydrogens (tertiary/aromatic N) is 2. The Morgan fingerprint density at radius 1 is 1.63 bits per heavy atom. The fraction of sp³-hybridized carbons (Fsp3) is 0.615. The maximum Gasteiger partial charge on any atom is 0.226 e. The molecule has 104 valence electrons. The quantitative estimate of drug-likeness (QED) is 0.814. The summed E-state index contributed by atoms with van der Waals surface area (Å²) in [5.41, 5.74) is 0. The highest BCUT2D eigenvalue weighted by atomic mass is 16.5. The largest absolute Gasteiger partial charge is 0.360 e. The number of nitrogens with one attached hydrogen (secondary N) is 1. The number of aldehydes is 1. The van der Waals surface area contributed by atoms with Crippen LogP contribution in [0.5, 0.6) is 0 Å². The number of aryl methyl sites for hydroxylation is 1. The minimum Gasteiger partial charge on any atom is -0.360 e. The molecule has 0 spiro atoms. The van der Waals surface area contributed by atoms with E-state index in [4.69, 9.17) is 4.52 Å². The Morgan fingerprint density at radius 3 is 3.16 bits per heavy atom. The molecule has 0 bridgehead atoms. The Balaban J connectivity index is 1.77. The molecule has 0 radical (unpaired) electrons. The van der Waals surface area contributed by atoms with E-state index in [1.165, 1.54) is 0 Å². The molecular formula is C13H19N3O3. The fourth-order valence-corrected chi connectivity index (χ4v) is 2.32. The van der Waals surface area contributed by atoms with E-state index in [0.717, 1.165) is 32.1 Å². The summed E-state index contributed by atoms with van der Waals surface area (Å²) < 4.78 is 4.87. The van der Waals surface area contributed by atoms with Gasteiger partial charge in [0.2, 0.25) is 5.91 Å². The molecular weight excluding hydrogens is 246 g/mol. The van der Waals surface area contributed by atoms with Crippen molar-refractivity contribution in [3.8, 4) is 0 Å². The molecule has 1 saturated heterocycles. The molecule has 1 unspecified atom stereocenters. The van der Waals surface area contributed by atoms with Gasteiger partial charge in [0.25, 0.3) is 0 Å². The third kappa shape index (κ3) is 3.89. The minimum absolute atomic E-state index is 0.0316. The average molecular weight is 265 g/mol. The molecule has 1 N–H and O–H groups in total. The number of piperidine rings is 1. The predicted molar refractivity (Wildman–Crippen MR) is 69.8 cm³/mol. The average Bonchev–Trinajstić information content (AvgIpc) is 2.82. The van der Waals surface area contributed by atoms with E-state index in [-0.39, 0.29) is 11.9 Å². The number of likely N-dealkylation sites (tertiary alicyclic amines) is 1. The van der Waals surface area contributed by atoms with Gasteiger partial charge in [-0.3, -0.25) is 9.69 Å². The van der Waals surface area contributed by atoms with Crippen LogP contribution in [0.25, 0.3) is 0 Å². The Kier molecular flexibility index (Phi) is 4.68. The third-order valence-corrected chi connectivity index (χ3v) is 3.34. The van der Waals surface area contributed by atoms with Gasteiger partial charge in [-0.1, -0.05) is 11.6 Å². The van der Waals surface area contributed by atoms with E-state index in [2.05, 4.69) is 15.4 Å². The summed E-state index contributed by atoms with van der Waals surface area (Å²) in [6, 6.07) is 1.64. The molecule has 1 aromatic rings. The van der Waals surface area contributed by atoms with Gasteiger partial charge in [-0.05, 0) is 26.3 Å². The number of rotatable bonds is 5. The zero-order valence-electron chi connectivity index (χ0n) is 11.1. The summed E-state index contributed by atoms with van der Waals surface area (Å²) in [6.45, 7) is 3.26. The molecule has 0 saturated carbocycles. The van der Waals surface area contributed by atoms with Crippen LogP contribution in [0.1, 0.15) is 31.4 Å². The van der Waals surface area contributed by atoms with Crippen LogP contribution in [0.3, 0.4) is 0 Å². The minimum atomic E-state index is -0.108. The van der Waals surface area contributed by atoms with E-state index in [1.807, 2.05) is 0 Å². The van der Waals surface area contributed by atoms with Gasteiger partial charge in [0.05, 0.1) is 6.04 Å². The SMILES string of the molecule is Cc1cc(NC(=O)CCN2CCCCC2C=O)no1. The summed E-state index contributed by atoms with van der Waals surface area (Å²) in [5.74, 6) is 0.990. The van der Waals surface area contributed by atoms with Crippen molar-refractivity contribution >= 4 is 18.0 Å². The lowest BCUT2D eigenvalue weighted by Crippen LogP contribution is -2.41. The van der Waals surface area contributed by atoms with E-state index in [1.54, 1.807) is 13.0 Å². The second-order valence-electron chi connectivity index (χ2n) is 4.86. The zero-order valence-corrected chi connectivity index (χ0v) is 11.1. The Hall–Kier alpha value is -1.69. The lowest BCUT2D eigenvalue weighted by molar-refractivity contribution is -0.118. The van der Waals surface area contributed by atoms with Crippen LogP contribution in [-0.2, 0) is 9.59 Å². The standard InChI is InChI=1S/C13H19N3O3/c1-10-8-12(15-19-10)14-13(18)5-7-16-6-3-2-4-11(16)9-17/h8-9,11H,2-7H2,1H3,(H,14,15,18). The van der Waals surface area contributed by atoms with Gasteiger partial charge in [0.1, 0.15) is 12.0 Å². The highest BCUT2D eigenvalue weighted by Gasteiger charge is 2.22. The molecule has 0 aromatic carbocycles. The number of anilines is 1. The first kappa shape index (κ1) is 13.7. The van der Waals surface area contributed by atoms with E-state index in [9.17, 15) is 9.59 Å². The summed E-state index contributed by atoms with van der Waals surface area (Å²) >= 11 is 0. The Morgan fingerprint density at radius 2 is 2.47 bits per heavy atom.